The predicted octanol–water partition coefficient (Wildman–Crippen LogP) is 3.78. The zero-order chi connectivity index (χ0) is 17.5. The van der Waals surface area contributed by atoms with Gasteiger partial charge in [0.25, 0.3) is 0 Å². The Bertz CT molecular complexity index is 791. The summed E-state index contributed by atoms with van der Waals surface area (Å²) in [6, 6.07) is 12.2. The fourth-order valence-electron chi connectivity index (χ4n) is 1.81. The molecule has 0 atom stereocenters. The minimum absolute atomic E-state index is 0.356. The highest BCUT2D eigenvalue weighted by atomic mass is 35.5. The molecule has 2 aromatic carbocycles. The lowest BCUT2D eigenvalue weighted by Gasteiger charge is -2.06. The normalized spacial score (nSPS) is 10.6. The molecule has 2 rings (SSSR count). The molecule has 2 amide bonds. The van der Waals surface area contributed by atoms with Gasteiger partial charge in [-0.2, -0.15) is 5.10 Å². The van der Waals surface area contributed by atoms with Gasteiger partial charge < -0.3 is 5.32 Å². The van der Waals surface area contributed by atoms with Gasteiger partial charge in [0.05, 0.1) is 6.21 Å². The molecule has 0 aliphatic rings. The summed E-state index contributed by atoms with van der Waals surface area (Å²) in [6.45, 7) is 1.86. The minimum atomic E-state index is -0.533. The number of carbonyl (C=O) groups is 2. The van der Waals surface area contributed by atoms with Crippen LogP contribution in [0, 0.1) is 6.92 Å². The van der Waals surface area contributed by atoms with Crippen LogP contribution < -0.4 is 10.7 Å². The fraction of sp³-hybridized carbons (Fsp3) is 0.118. The molecule has 0 aromatic heterocycles. The van der Waals surface area contributed by atoms with Crippen LogP contribution in [0.15, 0.2) is 47.6 Å². The minimum Gasteiger partial charge on any atom is -0.326 e. The second kappa shape index (κ2) is 8.47. The van der Waals surface area contributed by atoms with E-state index in [0.29, 0.717) is 21.3 Å². The molecule has 124 valence electrons. The maximum Gasteiger partial charge on any atom is 0.249 e. The molecule has 0 aliphatic heterocycles. The molecule has 0 bridgehead atoms. The van der Waals surface area contributed by atoms with Crippen molar-refractivity contribution in [2.45, 2.75) is 13.3 Å². The number of benzene rings is 2. The molecule has 2 aromatic rings. The van der Waals surface area contributed by atoms with E-state index in [4.69, 9.17) is 23.2 Å². The second-order valence-electron chi connectivity index (χ2n) is 5.00. The Morgan fingerprint density at radius 3 is 2.54 bits per heavy atom. The Balaban J connectivity index is 1.84. The smallest absolute Gasteiger partial charge is 0.249 e. The Hall–Kier alpha value is -2.37. The van der Waals surface area contributed by atoms with E-state index in [0.717, 1.165) is 5.56 Å². The summed E-state index contributed by atoms with van der Waals surface area (Å²) in [6.07, 6.45) is 1.06. The lowest BCUT2D eigenvalue weighted by atomic mass is 10.2. The number of nitrogens with zero attached hydrogens (tertiary/aromatic N) is 1. The van der Waals surface area contributed by atoms with E-state index in [2.05, 4.69) is 15.8 Å². The van der Waals surface area contributed by atoms with E-state index >= 15 is 0 Å². The van der Waals surface area contributed by atoms with Crippen LogP contribution in [0.4, 0.5) is 5.69 Å². The number of carbonyl (C=O) groups excluding carboxylic acids is 2. The van der Waals surface area contributed by atoms with E-state index in [1.54, 1.807) is 42.5 Å². The molecular weight excluding hydrogens is 349 g/mol. The molecule has 5 nitrogen and oxygen atoms in total. The predicted molar refractivity (Wildman–Crippen MR) is 96.6 cm³/mol. The van der Waals surface area contributed by atoms with E-state index in [-0.39, 0.29) is 6.42 Å². The van der Waals surface area contributed by atoms with E-state index < -0.39 is 11.8 Å². The summed E-state index contributed by atoms with van der Waals surface area (Å²) in [5.74, 6) is -0.991. The topological polar surface area (TPSA) is 70.6 Å². The van der Waals surface area contributed by atoms with Crippen molar-refractivity contribution in [3.8, 4) is 0 Å². The van der Waals surface area contributed by atoms with E-state index in [1.807, 2.05) is 6.92 Å². The van der Waals surface area contributed by atoms with E-state index in [9.17, 15) is 9.59 Å². The molecule has 0 heterocycles. The zero-order valence-corrected chi connectivity index (χ0v) is 14.4. The molecule has 0 aliphatic carbocycles. The molecule has 7 heteroatoms. The average Bonchev–Trinajstić information content (AvgIpc) is 2.52. The summed E-state index contributed by atoms with van der Waals surface area (Å²) in [7, 11) is 0. The first-order valence-corrected chi connectivity index (χ1v) is 7.84. The van der Waals surface area contributed by atoms with Gasteiger partial charge >= 0.3 is 0 Å². The van der Waals surface area contributed by atoms with Crippen molar-refractivity contribution in [1.82, 2.24) is 5.43 Å². The number of halogens is 2. The van der Waals surface area contributed by atoms with Gasteiger partial charge in [-0.15, -0.1) is 0 Å². The van der Waals surface area contributed by atoms with Crippen molar-refractivity contribution in [2.75, 3.05) is 5.32 Å². The molecule has 0 unspecified atom stereocenters. The van der Waals surface area contributed by atoms with Crippen LogP contribution in [-0.2, 0) is 9.59 Å². The molecule has 0 fully saturated rings. The number of rotatable bonds is 5. The molecular formula is C17H15Cl2N3O2. The molecule has 24 heavy (non-hydrogen) atoms. The third-order valence-corrected chi connectivity index (χ3v) is 3.83. The van der Waals surface area contributed by atoms with Crippen LogP contribution >= 0.6 is 23.2 Å². The average molecular weight is 364 g/mol. The summed E-state index contributed by atoms with van der Waals surface area (Å²) >= 11 is 11.9. The van der Waals surface area contributed by atoms with Gasteiger partial charge in [0, 0.05) is 21.3 Å². The first-order chi connectivity index (χ1) is 11.5. The van der Waals surface area contributed by atoms with Crippen molar-refractivity contribution >= 4 is 46.9 Å². The van der Waals surface area contributed by atoms with Crippen LogP contribution in [0.1, 0.15) is 17.5 Å². The third kappa shape index (κ3) is 5.37. The van der Waals surface area contributed by atoms with Gasteiger partial charge in [-0.05, 0) is 30.7 Å². The molecule has 2 N–H and O–H groups in total. The number of anilines is 1. The van der Waals surface area contributed by atoms with Crippen molar-refractivity contribution < 1.29 is 9.59 Å². The number of hydrogen-bond donors (Lipinski definition) is 2. The van der Waals surface area contributed by atoms with Crippen LogP contribution in [0.25, 0.3) is 0 Å². The maximum atomic E-state index is 11.8. The highest BCUT2D eigenvalue weighted by molar-refractivity contribution is 6.33. The number of hydrazone groups is 1. The standard InChI is InChI=1S/C17H15Cl2N3O2/c1-11-6-7-13(8-15(11)19)21-16(23)9-17(24)22-20-10-12-4-2-3-5-14(12)18/h2-8,10H,9H2,1H3,(H,21,23)(H,22,24). The van der Waals surface area contributed by atoms with Crippen LogP contribution in [-0.4, -0.2) is 18.0 Å². The van der Waals surface area contributed by atoms with Crippen molar-refractivity contribution in [1.29, 1.82) is 0 Å². The first kappa shape index (κ1) is 18.0. The largest absolute Gasteiger partial charge is 0.326 e. The quantitative estimate of drug-likeness (QED) is 0.482. The third-order valence-electron chi connectivity index (χ3n) is 3.07. The zero-order valence-electron chi connectivity index (χ0n) is 12.8. The summed E-state index contributed by atoms with van der Waals surface area (Å²) in [5.41, 5.74) is 4.38. The molecule has 0 spiro atoms. The SMILES string of the molecule is Cc1ccc(NC(=O)CC(=O)NN=Cc2ccccc2Cl)cc1Cl. The second-order valence-corrected chi connectivity index (χ2v) is 5.82. The maximum absolute atomic E-state index is 11.8. The van der Waals surface area contributed by atoms with Gasteiger partial charge in [0.15, 0.2) is 0 Å². The van der Waals surface area contributed by atoms with Gasteiger partial charge in [-0.1, -0.05) is 47.5 Å². The lowest BCUT2D eigenvalue weighted by Crippen LogP contribution is -2.24. The lowest BCUT2D eigenvalue weighted by molar-refractivity contribution is -0.126. The molecule has 0 radical (unpaired) electrons. The molecule has 0 saturated carbocycles. The van der Waals surface area contributed by atoms with Crippen LogP contribution in [0.3, 0.4) is 0 Å². The summed E-state index contributed by atoms with van der Waals surface area (Å²) in [5, 5.41) is 7.44. The Morgan fingerprint density at radius 1 is 1.08 bits per heavy atom. The van der Waals surface area contributed by atoms with Gasteiger partial charge in [-0.25, -0.2) is 5.43 Å². The highest BCUT2D eigenvalue weighted by Crippen LogP contribution is 2.20. The number of aryl methyl sites for hydroxylation is 1. The Labute approximate surface area is 149 Å². The van der Waals surface area contributed by atoms with Crippen molar-refractivity contribution in [3.63, 3.8) is 0 Å². The summed E-state index contributed by atoms with van der Waals surface area (Å²) in [4.78, 5) is 23.5. The Morgan fingerprint density at radius 2 is 1.83 bits per heavy atom. The van der Waals surface area contributed by atoms with E-state index in [1.165, 1.54) is 6.21 Å². The van der Waals surface area contributed by atoms with Gasteiger partial charge in [0.2, 0.25) is 11.8 Å². The van der Waals surface area contributed by atoms with Gasteiger partial charge in [-0.3, -0.25) is 9.59 Å². The summed E-state index contributed by atoms with van der Waals surface area (Å²) < 4.78 is 0. The highest BCUT2D eigenvalue weighted by Gasteiger charge is 2.09. The fourth-order valence-corrected chi connectivity index (χ4v) is 2.18. The van der Waals surface area contributed by atoms with Crippen molar-refractivity contribution in [3.05, 3.63) is 63.6 Å². The molecule has 0 saturated heterocycles. The number of nitrogens with one attached hydrogen (secondary N) is 2. The van der Waals surface area contributed by atoms with Crippen molar-refractivity contribution in [2.24, 2.45) is 5.10 Å². The first-order valence-electron chi connectivity index (χ1n) is 7.08. The number of hydrogen-bond acceptors (Lipinski definition) is 3. The van der Waals surface area contributed by atoms with Crippen LogP contribution in [0.5, 0.6) is 0 Å². The van der Waals surface area contributed by atoms with Crippen LogP contribution in [0.2, 0.25) is 10.0 Å². The monoisotopic (exact) mass is 363 g/mol. The number of amides is 2. The Kier molecular flexibility index (Phi) is 6.35. The van der Waals surface area contributed by atoms with Gasteiger partial charge in [0.1, 0.15) is 6.42 Å².